The average molecular weight is 658 g/mol. The highest BCUT2D eigenvalue weighted by Gasteiger charge is 2.70. The molecule has 3 saturated carbocycles. The molecule has 5 N–H and O–H groups in total. The number of carbonyl (C=O) groups is 1. The Labute approximate surface area is 287 Å². The Morgan fingerprint density at radius 3 is 2.48 bits per heavy atom. The number of nitrogens with zero attached hydrogens (tertiary/aromatic N) is 2. The van der Waals surface area contributed by atoms with Crippen LogP contribution in [0.3, 0.4) is 0 Å². The van der Waals surface area contributed by atoms with Gasteiger partial charge in [-0.05, 0) is 114 Å². The first-order chi connectivity index (χ1) is 22.6. The van der Waals surface area contributed by atoms with Crippen molar-refractivity contribution in [2.45, 2.75) is 118 Å². The zero-order valence-electron chi connectivity index (χ0n) is 30.5. The maximum atomic E-state index is 13.6. The number of nitrogens with two attached hydrogens (primary N) is 1. The minimum atomic E-state index is -0.687. The fourth-order valence-electron chi connectivity index (χ4n) is 13.2. The quantitative estimate of drug-likeness (QED) is 0.269. The minimum absolute atomic E-state index is 0.0229. The van der Waals surface area contributed by atoms with Gasteiger partial charge in [0.15, 0.2) is 0 Å². The Kier molecular flexibility index (Phi) is 7.12. The molecule has 3 heterocycles. The fourth-order valence-corrected chi connectivity index (χ4v) is 13.2. The lowest BCUT2D eigenvalue weighted by molar-refractivity contribution is -0.175. The van der Waals surface area contributed by atoms with E-state index in [4.69, 9.17) is 10.5 Å². The Balaban J connectivity index is 1.35. The Bertz CT molecular complexity index is 1660. The SMILES string of the molecule is CC1(C)CCC2(C(=O)O)CCC3(C)C(=C(c4c[nH]cc4CN4CCOCC4)CC4C5(C)Cc6c(N)n[nH]c6C(C)(C)C5CCC43C)C2C1. The van der Waals surface area contributed by atoms with Crippen LogP contribution in [0.2, 0.25) is 0 Å². The summed E-state index contributed by atoms with van der Waals surface area (Å²) in [5.74, 6) is 1.06. The number of ether oxygens (including phenoxy) is 1. The van der Waals surface area contributed by atoms with Crippen LogP contribution in [0, 0.1) is 44.8 Å². The van der Waals surface area contributed by atoms with E-state index in [0.29, 0.717) is 17.7 Å². The second-order valence-corrected chi connectivity index (χ2v) is 19.0. The first-order valence-corrected chi connectivity index (χ1v) is 18.8. The van der Waals surface area contributed by atoms with Gasteiger partial charge in [-0.25, -0.2) is 0 Å². The van der Waals surface area contributed by atoms with Crippen LogP contribution in [0.5, 0.6) is 0 Å². The van der Waals surface area contributed by atoms with Crippen LogP contribution in [0.4, 0.5) is 5.82 Å². The van der Waals surface area contributed by atoms with Gasteiger partial charge in [-0.1, -0.05) is 54.0 Å². The third-order valence-corrected chi connectivity index (χ3v) is 16.0. The third kappa shape index (κ3) is 4.26. The van der Waals surface area contributed by atoms with Crippen molar-refractivity contribution >= 4 is 17.4 Å². The summed E-state index contributed by atoms with van der Waals surface area (Å²) in [4.78, 5) is 19.6. The summed E-state index contributed by atoms with van der Waals surface area (Å²) in [7, 11) is 0. The second-order valence-electron chi connectivity index (χ2n) is 19.0. The van der Waals surface area contributed by atoms with Crippen LogP contribution in [0.25, 0.3) is 5.57 Å². The molecule has 4 fully saturated rings. The molecule has 1 saturated heterocycles. The topological polar surface area (TPSA) is 120 Å². The number of hydrogen-bond donors (Lipinski definition) is 4. The summed E-state index contributed by atoms with van der Waals surface area (Å²) in [6, 6.07) is 0. The number of nitrogens with one attached hydrogen (secondary N) is 2. The molecule has 0 radical (unpaired) electrons. The highest BCUT2D eigenvalue weighted by Crippen LogP contribution is 2.77. The second kappa shape index (κ2) is 10.5. The maximum Gasteiger partial charge on any atom is 0.310 e. The van der Waals surface area contributed by atoms with E-state index < -0.39 is 11.4 Å². The predicted molar refractivity (Wildman–Crippen MR) is 189 cm³/mol. The lowest BCUT2D eigenvalue weighted by Gasteiger charge is -2.71. The van der Waals surface area contributed by atoms with E-state index in [-0.39, 0.29) is 33.0 Å². The Morgan fingerprint density at radius 2 is 1.75 bits per heavy atom. The molecule has 7 atom stereocenters. The largest absolute Gasteiger partial charge is 0.481 e. The summed E-state index contributed by atoms with van der Waals surface area (Å²) < 4.78 is 5.71. The lowest BCUT2D eigenvalue weighted by atomic mass is 9.32. The molecule has 7 unspecified atom stereocenters. The van der Waals surface area contributed by atoms with Gasteiger partial charge in [0, 0.05) is 48.7 Å². The zero-order valence-corrected chi connectivity index (χ0v) is 30.5. The molecule has 48 heavy (non-hydrogen) atoms. The van der Waals surface area contributed by atoms with Gasteiger partial charge in [0.05, 0.1) is 18.6 Å². The number of aromatic nitrogens is 3. The maximum absolute atomic E-state index is 13.6. The van der Waals surface area contributed by atoms with Crippen molar-refractivity contribution in [1.29, 1.82) is 0 Å². The van der Waals surface area contributed by atoms with Gasteiger partial charge >= 0.3 is 5.97 Å². The highest BCUT2D eigenvalue weighted by molar-refractivity contribution is 5.81. The summed E-state index contributed by atoms with van der Waals surface area (Å²) in [6.45, 7) is 21.7. The van der Waals surface area contributed by atoms with Crippen molar-refractivity contribution in [3.05, 3.63) is 40.4 Å². The number of aromatic amines is 2. The summed E-state index contributed by atoms with van der Waals surface area (Å²) in [6.07, 6.45) is 13.1. The van der Waals surface area contributed by atoms with Crippen molar-refractivity contribution in [3.8, 4) is 0 Å². The number of rotatable bonds is 4. The van der Waals surface area contributed by atoms with E-state index in [9.17, 15) is 9.90 Å². The van der Waals surface area contributed by atoms with Crippen LogP contribution in [0.15, 0.2) is 18.0 Å². The van der Waals surface area contributed by atoms with Gasteiger partial charge in [-0.2, -0.15) is 5.10 Å². The number of aliphatic carboxylic acids is 1. The molecular formula is C40H59N5O3. The van der Waals surface area contributed by atoms with Crippen molar-refractivity contribution in [1.82, 2.24) is 20.1 Å². The molecule has 5 aliphatic carbocycles. The standard InChI is InChI=1S/C40H59N5O3/c1-35(2)10-12-40(34(46)47)13-11-39(7)31(28(40)20-35)25(27-22-42-21-24(27)23-45-14-16-48-17-15-45)18-30-37(5)19-26-32(43-44-33(26)41)36(3,4)29(37)8-9-38(30,39)6/h21-22,28-30,42H,8-20,23H2,1-7H3,(H,46,47)(H3,41,43,44). The van der Waals surface area contributed by atoms with Crippen molar-refractivity contribution in [2.24, 2.45) is 44.8 Å². The van der Waals surface area contributed by atoms with Gasteiger partial charge in [-0.3, -0.25) is 14.8 Å². The molecule has 262 valence electrons. The summed E-state index contributed by atoms with van der Waals surface area (Å²) >= 11 is 0. The summed E-state index contributed by atoms with van der Waals surface area (Å²) in [5, 5.41) is 19.1. The van der Waals surface area contributed by atoms with Gasteiger partial charge < -0.3 is 20.6 Å². The highest BCUT2D eigenvalue weighted by atomic mass is 16.5. The Hall–Kier alpha value is -2.58. The van der Waals surface area contributed by atoms with Gasteiger partial charge in [0.25, 0.3) is 0 Å². The number of anilines is 1. The molecule has 8 rings (SSSR count). The van der Waals surface area contributed by atoms with Gasteiger partial charge in [0.1, 0.15) is 5.82 Å². The van der Waals surface area contributed by atoms with E-state index in [1.807, 2.05) is 0 Å². The third-order valence-electron chi connectivity index (χ3n) is 16.0. The van der Waals surface area contributed by atoms with Crippen molar-refractivity contribution in [2.75, 3.05) is 32.0 Å². The first-order valence-electron chi connectivity index (χ1n) is 18.8. The molecule has 2 aromatic rings. The molecule has 6 aliphatic rings. The molecule has 0 bridgehead atoms. The van der Waals surface area contributed by atoms with Crippen LogP contribution in [-0.2, 0) is 27.9 Å². The predicted octanol–water partition coefficient (Wildman–Crippen LogP) is 7.58. The molecule has 1 aliphatic heterocycles. The number of carboxylic acids is 1. The van der Waals surface area contributed by atoms with Crippen molar-refractivity contribution < 1.29 is 14.6 Å². The van der Waals surface area contributed by atoms with Gasteiger partial charge in [0.2, 0.25) is 0 Å². The van der Waals surface area contributed by atoms with Crippen LogP contribution in [-0.4, -0.2) is 57.5 Å². The molecule has 0 aromatic carbocycles. The number of carboxylic acid groups (broad SMARTS) is 1. The van der Waals surface area contributed by atoms with Crippen LogP contribution in [0.1, 0.15) is 122 Å². The summed E-state index contributed by atoms with van der Waals surface area (Å²) in [5.41, 5.74) is 14.0. The smallest absolute Gasteiger partial charge is 0.310 e. The molecular weight excluding hydrogens is 598 g/mol. The lowest BCUT2D eigenvalue weighted by Crippen LogP contribution is -2.65. The van der Waals surface area contributed by atoms with E-state index in [2.05, 4.69) is 80.9 Å². The number of H-pyrrole nitrogens is 2. The average Bonchev–Trinajstić information content (AvgIpc) is 3.63. The van der Waals surface area contributed by atoms with E-state index in [0.717, 1.165) is 84.2 Å². The normalized spacial score (nSPS) is 40.3. The number of fused-ring (bicyclic) bond motifs is 8. The van der Waals surface area contributed by atoms with E-state index >= 15 is 0 Å². The van der Waals surface area contributed by atoms with Crippen LogP contribution >= 0.6 is 0 Å². The molecule has 0 spiro atoms. The molecule has 8 heteroatoms. The monoisotopic (exact) mass is 657 g/mol. The minimum Gasteiger partial charge on any atom is -0.481 e. The van der Waals surface area contributed by atoms with Crippen LogP contribution < -0.4 is 5.73 Å². The number of allylic oxidation sites excluding steroid dienone is 2. The first kappa shape index (κ1) is 32.6. The molecule has 8 nitrogen and oxygen atoms in total. The van der Waals surface area contributed by atoms with E-state index in [1.165, 1.54) is 40.0 Å². The van der Waals surface area contributed by atoms with Crippen molar-refractivity contribution in [3.63, 3.8) is 0 Å². The Morgan fingerprint density at radius 1 is 1.02 bits per heavy atom. The molecule has 2 aromatic heterocycles. The van der Waals surface area contributed by atoms with E-state index in [1.54, 1.807) is 0 Å². The number of nitrogen functional groups attached to an aromatic ring is 1. The molecule has 0 amide bonds. The zero-order chi connectivity index (χ0) is 34.1. The van der Waals surface area contributed by atoms with Gasteiger partial charge in [-0.15, -0.1) is 0 Å². The fraction of sp³-hybridized carbons (Fsp3) is 0.750. The number of morpholine rings is 1. The number of hydrogen-bond acceptors (Lipinski definition) is 5.